The molecule has 0 radical (unpaired) electrons. The Balaban J connectivity index is 1.37. The standard InChI is InChI=1S/C36H58O9/c1-31(2)16-20-19-8-9-23-33(5)12-11-24(38)32(3,4)22(33)10-13-35(23,7)34(19,6)14-15-36(20,17-25(31)39)30(43)45-29-28(42)27(41)26(40)21(18-37)44-29/h8,20-29,37-42H,9-18H2,1-7H3/t20?,21-,22?,23?,24+,25+,26-,27-,28-,29+,33+,34?,35-,36-/m1/s1. The summed E-state index contributed by atoms with van der Waals surface area (Å²) in [4.78, 5) is 14.4. The first-order valence-corrected chi connectivity index (χ1v) is 17.4. The predicted octanol–water partition coefficient (Wildman–Crippen LogP) is 3.46. The summed E-state index contributed by atoms with van der Waals surface area (Å²) in [7, 11) is 0. The van der Waals surface area contributed by atoms with E-state index in [2.05, 4.69) is 54.5 Å². The summed E-state index contributed by atoms with van der Waals surface area (Å²) >= 11 is 0. The van der Waals surface area contributed by atoms with Gasteiger partial charge in [0, 0.05) is 0 Å². The van der Waals surface area contributed by atoms with Crippen molar-refractivity contribution >= 4 is 5.97 Å². The Morgan fingerprint density at radius 3 is 2.20 bits per heavy atom. The average molecular weight is 635 g/mol. The molecule has 0 aromatic rings. The molecule has 0 bridgehead atoms. The van der Waals surface area contributed by atoms with Crippen molar-refractivity contribution in [2.24, 2.45) is 50.2 Å². The monoisotopic (exact) mass is 634 g/mol. The topological polar surface area (TPSA) is 157 Å². The van der Waals surface area contributed by atoms with Crippen LogP contribution in [0.15, 0.2) is 11.6 Å². The summed E-state index contributed by atoms with van der Waals surface area (Å²) in [6, 6.07) is 0. The van der Waals surface area contributed by atoms with Gasteiger partial charge in [0.15, 0.2) is 0 Å². The second-order valence-electron chi connectivity index (χ2n) is 17.9. The van der Waals surface area contributed by atoms with Gasteiger partial charge >= 0.3 is 5.97 Å². The first-order chi connectivity index (χ1) is 20.8. The zero-order valence-corrected chi connectivity index (χ0v) is 28.3. The van der Waals surface area contributed by atoms with Crippen LogP contribution in [0.5, 0.6) is 0 Å². The Kier molecular flexibility index (Phi) is 8.05. The highest BCUT2D eigenvalue weighted by molar-refractivity contribution is 5.79. The molecule has 0 aromatic carbocycles. The van der Waals surface area contributed by atoms with Crippen LogP contribution < -0.4 is 0 Å². The van der Waals surface area contributed by atoms with E-state index >= 15 is 0 Å². The maximum absolute atomic E-state index is 14.4. The largest absolute Gasteiger partial charge is 0.432 e. The van der Waals surface area contributed by atoms with Crippen LogP contribution >= 0.6 is 0 Å². The van der Waals surface area contributed by atoms with Gasteiger partial charge in [-0.15, -0.1) is 0 Å². The van der Waals surface area contributed by atoms with Crippen molar-refractivity contribution in [2.75, 3.05) is 6.61 Å². The molecule has 0 aromatic heterocycles. The number of carbonyl (C=O) groups excluding carboxylic acids is 1. The SMILES string of the molecule is CC1(C)CC2C3=CCC4[C@@]5(C)CC[C@H](O)C(C)(C)C5CC[C@@]4(C)C3(C)CC[C@@]2(C(=O)O[C@@H]2O[C@H](CO)[C@@H](O)[C@@H](O)[C@H]2O)C[C@@H]1O. The highest BCUT2D eigenvalue weighted by atomic mass is 16.7. The molecule has 14 atom stereocenters. The van der Waals surface area contributed by atoms with Gasteiger partial charge in [0.05, 0.1) is 24.2 Å². The number of rotatable bonds is 3. The van der Waals surface area contributed by atoms with Crippen LogP contribution in [0.2, 0.25) is 0 Å². The zero-order valence-electron chi connectivity index (χ0n) is 28.3. The van der Waals surface area contributed by atoms with Crippen molar-refractivity contribution < 1.29 is 44.9 Å². The Morgan fingerprint density at radius 1 is 0.844 bits per heavy atom. The highest BCUT2D eigenvalue weighted by Gasteiger charge is 2.70. The number of aliphatic hydroxyl groups excluding tert-OH is 6. The van der Waals surface area contributed by atoms with Crippen molar-refractivity contribution in [2.45, 2.75) is 149 Å². The first-order valence-electron chi connectivity index (χ1n) is 17.4. The molecule has 6 rings (SSSR count). The van der Waals surface area contributed by atoms with Crippen molar-refractivity contribution in [3.05, 3.63) is 11.6 Å². The highest BCUT2D eigenvalue weighted by Crippen LogP contribution is 2.75. The third-order valence-corrected chi connectivity index (χ3v) is 15.3. The number of hydrogen-bond acceptors (Lipinski definition) is 9. The van der Waals surface area contributed by atoms with E-state index in [4.69, 9.17) is 9.47 Å². The number of aliphatic hydroxyl groups is 6. The molecule has 6 N–H and O–H groups in total. The van der Waals surface area contributed by atoms with Gasteiger partial charge in [0.25, 0.3) is 0 Å². The summed E-state index contributed by atoms with van der Waals surface area (Å²) in [5, 5.41) is 63.4. The molecule has 9 heteroatoms. The van der Waals surface area contributed by atoms with E-state index < -0.39 is 60.2 Å². The summed E-state index contributed by atoms with van der Waals surface area (Å²) < 4.78 is 11.5. The quantitative estimate of drug-likeness (QED) is 0.202. The Morgan fingerprint density at radius 2 is 1.53 bits per heavy atom. The number of ether oxygens (including phenoxy) is 2. The maximum Gasteiger partial charge on any atom is 0.315 e. The van der Waals surface area contributed by atoms with Crippen LogP contribution in [-0.4, -0.2) is 86.1 Å². The van der Waals surface area contributed by atoms with Crippen LogP contribution in [-0.2, 0) is 14.3 Å². The second-order valence-corrected chi connectivity index (χ2v) is 17.9. The lowest BCUT2D eigenvalue weighted by Gasteiger charge is -2.71. The fourth-order valence-electron chi connectivity index (χ4n) is 12.0. The summed E-state index contributed by atoms with van der Waals surface area (Å²) in [5.41, 5.74) is -0.399. The van der Waals surface area contributed by atoms with Gasteiger partial charge < -0.3 is 40.1 Å². The van der Waals surface area contributed by atoms with Crippen molar-refractivity contribution in [3.8, 4) is 0 Å². The van der Waals surface area contributed by atoms with E-state index in [0.29, 0.717) is 24.7 Å². The van der Waals surface area contributed by atoms with Crippen molar-refractivity contribution in [1.29, 1.82) is 0 Å². The second kappa shape index (κ2) is 10.7. The molecule has 4 saturated carbocycles. The minimum absolute atomic E-state index is 0.00571. The molecule has 1 saturated heterocycles. The molecular weight excluding hydrogens is 576 g/mol. The number of carbonyl (C=O) groups is 1. The van der Waals surface area contributed by atoms with Gasteiger partial charge in [-0.05, 0) is 103 Å². The van der Waals surface area contributed by atoms with Crippen molar-refractivity contribution in [3.63, 3.8) is 0 Å². The third kappa shape index (κ3) is 4.54. The molecular formula is C36H58O9. The molecule has 1 heterocycles. The minimum atomic E-state index is -1.68. The Labute approximate surface area is 268 Å². The Bertz CT molecular complexity index is 1210. The predicted molar refractivity (Wildman–Crippen MR) is 166 cm³/mol. The van der Waals surface area contributed by atoms with Gasteiger partial charge in [0.1, 0.15) is 24.4 Å². The Hall–Kier alpha value is -1.07. The van der Waals surface area contributed by atoms with Crippen LogP contribution in [0.3, 0.4) is 0 Å². The number of esters is 1. The molecule has 4 unspecified atom stereocenters. The molecule has 6 aliphatic rings. The lowest BCUT2D eigenvalue weighted by Crippen LogP contribution is -2.66. The zero-order chi connectivity index (χ0) is 33.1. The van der Waals surface area contributed by atoms with Gasteiger partial charge in [-0.2, -0.15) is 0 Å². The molecule has 9 nitrogen and oxygen atoms in total. The van der Waals surface area contributed by atoms with E-state index in [0.717, 1.165) is 38.5 Å². The molecule has 0 spiro atoms. The van der Waals surface area contributed by atoms with Crippen LogP contribution in [0.4, 0.5) is 0 Å². The number of fused-ring (bicyclic) bond motifs is 7. The van der Waals surface area contributed by atoms with E-state index in [9.17, 15) is 35.4 Å². The molecule has 0 amide bonds. The van der Waals surface area contributed by atoms with E-state index in [1.54, 1.807) is 0 Å². The average Bonchev–Trinajstić information content (AvgIpc) is 2.96. The molecule has 5 aliphatic carbocycles. The van der Waals surface area contributed by atoms with Crippen molar-refractivity contribution in [1.82, 2.24) is 0 Å². The van der Waals surface area contributed by atoms with Crippen LogP contribution in [0, 0.1) is 50.2 Å². The van der Waals surface area contributed by atoms with E-state index in [1.807, 2.05) is 0 Å². The molecule has 256 valence electrons. The van der Waals surface area contributed by atoms with Gasteiger partial charge in [-0.3, -0.25) is 4.79 Å². The van der Waals surface area contributed by atoms with Crippen LogP contribution in [0.1, 0.15) is 106 Å². The van der Waals surface area contributed by atoms with E-state index in [-0.39, 0.29) is 40.1 Å². The fourth-order valence-corrected chi connectivity index (χ4v) is 12.0. The fraction of sp³-hybridized carbons (Fsp3) is 0.917. The molecule has 1 aliphatic heterocycles. The number of hydrogen-bond donors (Lipinski definition) is 6. The van der Waals surface area contributed by atoms with Crippen LogP contribution in [0.25, 0.3) is 0 Å². The van der Waals surface area contributed by atoms with Gasteiger partial charge in [-0.25, -0.2) is 0 Å². The summed E-state index contributed by atoms with van der Waals surface area (Å²) in [6.45, 7) is 15.4. The summed E-state index contributed by atoms with van der Waals surface area (Å²) in [6.07, 6.45) is 0.775. The first kappa shape index (κ1) is 33.8. The normalized spacial score (nSPS) is 53.6. The maximum atomic E-state index is 14.4. The number of allylic oxidation sites excluding steroid dienone is 2. The molecule has 45 heavy (non-hydrogen) atoms. The minimum Gasteiger partial charge on any atom is -0.432 e. The summed E-state index contributed by atoms with van der Waals surface area (Å²) in [5.74, 6) is 0.130. The lowest BCUT2D eigenvalue weighted by molar-refractivity contribution is -0.298. The smallest absolute Gasteiger partial charge is 0.315 e. The van der Waals surface area contributed by atoms with Gasteiger partial charge in [-0.1, -0.05) is 60.1 Å². The molecule has 5 fully saturated rings. The van der Waals surface area contributed by atoms with E-state index in [1.165, 1.54) is 5.57 Å². The third-order valence-electron chi connectivity index (χ3n) is 15.3. The van der Waals surface area contributed by atoms with Gasteiger partial charge in [0.2, 0.25) is 6.29 Å². The lowest BCUT2D eigenvalue weighted by atomic mass is 9.33.